The van der Waals surface area contributed by atoms with Crippen LogP contribution in [0.15, 0.2) is 29.4 Å². The maximum absolute atomic E-state index is 12.2. The van der Waals surface area contributed by atoms with Crippen LogP contribution in [0.1, 0.15) is 32.3 Å². The van der Waals surface area contributed by atoms with E-state index in [1.54, 1.807) is 11.8 Å². The number of fused-ring (bicyclic) bond motifs is 1. The SMILES string of the molecule is CCSC(CC)C(=O)Nc1ccc(C2=NNC(=O)C3CC23)cc1. The van der Waals surface area contributed by atoms with Crippen molar-refractivity contribution in [3.8, 4) is 0 Å². The van der Waals surface area contributed by atoms with Gasteiger partial charge in [0.25, 0.3) is 0 Å². The van der Waals surface area contributed by atoms with Gasteiger partial charge in [-0.1, -0.05) is 26.0 Å². The third kappa shape index (κ3) is 3.42. The van der Waals surface area contributed by atoms with E-state index in [4.69, 9.17) is 0 Å². The number of nitrogens with zero attached hydrogens (tertiary/aromatic N) is 1. The number of hydrogen-bond acceptors (Lipinski definition) is 4. The lowest BCUT2D eigenvalue weighted by Crippen LogP contribution is -2.28. The molecule has 5 nitrogen and oxygen atoms in total. The predicted octanol–water partition coefficient (Wildman–Crippen LogP) is 2.63. The highest BCUT2D eigenvalue weighted by Crippen LogP contribution is 2.43. The molecule has 1 aliphatic heterocycles. The molecular formula is C17H21N3O2S. The number of anilines is 1. The van der Waals surface area contributed by atoms with Crippen molar-refractivity contribution < 1.29 is 9.59 Å². The van der Waals surface area contributed by atoms with Gasteiger partial charge in [0.2, 0.25) is 11.8 Å². The van der Waals surface area contributed by atoms with Gasteiger partial charge in [0.05, 0.1) is 11.0 Å². The quantitative estimate of drug-likeness (QED) is 0.842. The van der Waals surface area contributed by atoms with Gasteiger partial charge in [-0.25, -0.2) is 5.43 Å². The molecule has 1 fully saturated rings. The third-order valence-electron chi connectivity index (χ3n) is 4.24. The van der Waals surface area contributed by atoms with Crippen molar-refractivity contribution in [2.75, 3.05) is 11.1 Å². The van der Waals surface area contributed by atoms with E-state index in [0.717, 1.165) is 35.6 Å². The molecule has 2 aliphatic rings. The smallest absolute Gasteiger partial charge is 0.243 e. The van der Waals surface area contributed by atoms with Crippen LogP contribution in [0, 0.1) is 11.8 Å². The van der Waals surface area contributed by atoms with Crippen molar-refractivity contribution in [2.24, 2.45) is 16.9 Å². The maximum atomic E-state index is 12.2. The Morgan fingerprint density at radius 3 is 2.74 bits per heavy atom. The van der Waals surface area contributed by atoms with Crippen molar-refractivity contribution in [3.63, 3.8) is 0 Å². The monoisotopic (exact) mass is 331 g/mol. The third-order valence-corrected chi connectivity index (χ3v) is 5.53. The largest absolute Gasteiger partial charge is 0.325 e. The summed E-state index contributed by atoms with van der Waals surface area (Å²) in [7, 11) is 0. The van der Waals surface area contributed by atoms with E-state index in [1.165, 1.54) is 0 Å². The van der Waals surface area contributed by atoms with Crippen LogP contribution in [-0.2, 0) is 9.59 Å². The Balaban J connectivity index is 1.66. The van der Waals surface area contributed by atoms with E-state index in [0.29, 0.717) is 0 Å². The molecule has 1 aliphatic carbocycles. The highest BCUT2D eigenvalue weighted by molar-refractivity contribution is 8.00. The fraction of sp³-hybridized carbons (Fsp3) is 0.471. The van der Waals surface area contributed by atoms with Crippen molar-refractivity contribution in [1.82, 2.24) is 5.43 Å². The number of nitrogens with one attached hydrogen (secondary N) is 2. The highest BCUT2D eigenvalue weighted by atomic mass is 32.2. The zero-order valence-corrected chi connectivity index (χ0v) is 14.2. The number of hydrogen-bond donors (Lipinski definition) is 2. The first-order valence-electron chi connectivity index (χ1n) is 8.04. The standard InChI is InChI=1S/C17H21N3O2S/c1-3-14(23-4-2)17(22)18-11-7-5-10(6-8-11)15-12-9-13(12)16(21)20-19-15/h5-8,12-14H,3-4,9H2,1-2H3,(H,18,22)(H,20,21). The molecule has 1 saturated carbocycles. The van der Waals surface area contributed by atoms with Crippen molar-refractivity contribution in [3.05, 3.63) is 29.8 Å². The summed E-state index contributed by atoms with van der Waals surface area (Å²) in [5.74, 6) is 1.37. The van der Waals surface area contributed by atoms with Crippen molar-refractivity contribution in [2.45, 2.75) is 31.9 Å². The molecule has 0 aromatic heterocycles. The molecule has 0 radical (unpaired) electrons. The Morgan fingerprint density at radius 2 is 2.09 bits per heavy atom. The Labute approximate surface area is 140 Å². The van der Waals surface area contributed by atoms with E-state index >= 15 is 0 Å². The van der Waals surface area contributed by atoms with Gasteiger partial charge in [0.1, 0.15) is 0 Å². The zero-order chi connectivity index (χ0) is 16.4. The number of rotatable bonds is 6. The van der Waals surface area contributed by atoms with Crippen LogP contribution in [0.5, 0.6) is 0 Å². The Bertz CT molecular complexity index is 642. The van der Waals surface area contributed by atoms with Gasteiger partial charge in [-0.2, -0.15) is 5.10 Å². The van der Waals surface area contributed by atoms with Crippen molar-refractivity contribution >= 4 is 35.0 Å². The van der Waals surface area contributed by atoms with E-state index in [9.17, 15) is 9.59 Å². The first-order chi connectivity index (χ1) is 11.1. The van der Waals surface area contributed by atoms with Crippen LogP contribution < -0.4 is 10.7 Å². The van der Waals surface area contributed by atoms with E-state index in [2.05, 4.69) is 22.8 Å². The molecule has 1 aromatic rings. The van der Waals surface area contributed by atoms with Crippen LogP contribution in [0.25, 0.3) is 0 Å². The fourth-order valence-corrected chi connectivity index (χ4v) is 3.72. The van der Waals surface area contributed by atoms with Crippen LogP contribution in [0.3, 0.4) is 0 Å². The van der Waals surface area contributed by atoms with Crippen LogP contribution >= 0.6 is 11.8 Å². The number of hydrazone groups is 1. The van der Waals surface area contributed by atoms with E-state index < -0.39 is 0 Å². The van der Waals surface area contributed by atoms with Gasteiger partial charge in [0, 0.05) is 17.5 Å². The Morgan fingerprint density at radius 1 is 1.35 bits per heavy atom. The Kier molecular flexibility index (Phi) is 4.71. The minimum atomic E-state index is -0.00942. The molecular weight excluding hydrogens is 310 g/mol. The summed E-state index contributed by atoms with van der Waals surface area (Å²) in [5.41, 5.74) is 5.33. The van der Waals surface area contributed by atoms with Gasteiger partial charge in [0.15, 0.2) is 0 Å². The van der Waals surface area contributed by atoms with Crippen LogP contribution in [-0.4, -0.2) is 28.5 Å². The molecule has 3 rings (SSSR count). The lowest BCUT2D eigenvalue weighted by molar-refractivity contribution is -0.122. The molecule has 0 saturated heterocycles. The van der Waals surface area contributed by atoms with E-state index in [-0.39, 0.29) is 28.9 Å². The van der Waals surface area contributed by atoms with Gasteiger partial charge < -0.3 is 5.32 Å². The number of carbonyl (C=O) groups is 2. The van der Waals surface area contributed by atoms with Gasteiger partial charge in [-0.15, -0.1) is 11.8 Å². The van der Waals surface area contributed by atoms with Gasteiger partial charge in [-0.3, -0.25) is 9.59 Å². The first kappa shape index (κ1) is 16.1. The average Bonchev–Trinajstić information content (AvgIpc) is 3.35. The van der Waals surface area contributed by atoms with Crippen LogP contribution in [0.2, 0.25) is 0 Å². The molecule has 1 aromatic carbocycles. The fourth-order valence-electron chi connectivity index (χ4n) is 2.87. The molecule has 3 unspecified atom stereocenters. The summed E-state index contributed by atoms with van der Waals surface area (Å²) in [5, 5.41) is 7.14. The first-order valence-corrected chi connectivity index (χ1v) is 9.09. The highest BCUT2D eigenvalue weighted by Gasteiger charge is 2.49. The number of benzene rings is 1. The molecule has 3 atom stereocenters. The van der Waals surface area contributed by atoms with Crippen LogP contribution in [0.4, 0.5) is 5.69 Å². The molecule has 23 heavy (non-hydrogen) atoms. The lowest BCUT2D eigenvalue weighted by atomic mass is 10.0. The zero-order valence-electron chi connectivity index (χ0n) is 13.3. The molecule has 2 N–H and O–H groups in total. The topological polar surface area (TPSA) is 70.6 Å². The minimum Gasteiger partial charge on any atom is -0.325 e. The second-order valence-electron chi connectivity index (χ2n) is 5.84. The second kappa shape index (κ2) is 6.74. The molecule has 0 bridgehead atoms. The summed E-state index contributed by atoms with van der Waals surface area (Å²) in [6.07, 6.45) is 1.71. The summed E-state index contributed by atoms with van der Waals surface area (Å²) < 4.78 is 0. The average molecular weight is 331 g/mol. The molecule has 0 spiro atoms. The number of thioether (sulfide) groups is 1. The van der Waals surface area contributed by atoms with E-state index in [1.807, 2.05) is 31.2 Å². The summed E-state index contributed by atoms with van der Waals surface area (Å²) in [6.45, 7) is 4.09. The van der Waals surface area contributed by atoms with Gasteiger partial charge >= 0.3 is 0 Å². The second-order valence-corrected chi connectivity index (χ2v) is 7.32. The Hall–Kier alpha value is -1.82. The normalized spacial score (nSPS) is 23.4. The summed E-state index contributed by atoms with van der Waals surface area (Å²) >= 11 is 1.66. The minimum absolute atomic E-state index is 0.00942. The molecule has 6 heteroatoms. The van der Waals surface area contributed by atoms with Crippen molar-refractivity contribution in [1.29, 1.82) is 0 Å². The molecule has 2 amide bonds. The van der Waals surface area contributed by atoms with Gasteiger partial charge in [-0.05, 0) is 36.3 Å². The molecule has 1 heterocycles. The lowest BCUT2D eigenvalue weighted by Gasteiger charge is -2.15. The summed E-state index contributed by atoms with van der Waals surface area (Å²) in [6, 6.07) is 7.70. The summed E-state index contributed by atoms with van der Waals surface area (Å²) in [4.78, 5) is 23.7. The molecule has 122 valence electrons. The number of carbonyl (C=O) groups excluding carboxylic acids is 2. The maximum Gasteiger partial charge on any atom is 0.243 e. The predicted molar refractivity (Wildman–Crippen MR) is 93.6 cm³/mol. The number of amides is 2.